The number of carbonyl (C=O) groups is 2. The second-order valence-electron chi connectivity index (χ2n) is 6.37. The highest BCUT2D eigenvalue weighted by molar-refractivity contribution is 5.93. The van der Waals surface area contributed by atoms with E-state index in [9.17, 15) is 9.59 Å². The number of benzene rings is 1. The van der Waals surface area contributed by atoms with Crippen LogP contribution in [0.25, 0.3) is 0 Å². The fraction of sp³-hybridized carbons (Fsp3) is 0.529. The van der Waals surface area contributed by atoms with Crippen molar-refractivity contribution in [3.63, 3.8) is 0 Å². The van der Waals surface area contributed by atoms with Gasteiger partial charge in [0.2, 0.25) is 0 Å². The van der Waals surface area contributed by atoms with E-state index < -0.39 is 0 Å². The van der Waals surface area contributed by atoms with Crippen LogP contribution in [0.5, 0.6) is 0 Å². The van der Waals surface area contributed by atoms with E-state index >= 15 is 0 Å². The third-order valence-corrected chi connectivity index (χ3v) is 3.77. The molecule has 1 rings (SSSR count). The van der Waals surface area contributed by atoms with E-state index in [4.69, 9.17) is 0 Å². The van der Waals surface area contributed by atoms with Crippen LogP contribution in [-0.4, -0.2) is 38.0 Å². The van der Waals surface area contributed by atoms with Crippen LogP contribution in [0.4, 0.5) is 0 Å². The van der Waals surface area contributed by atoms with Gasteiger partial charge in [-0.2, -0.15) is 0 Å². The van der Waals surface area contributed by atoms with Crippen LogP contribution in [0.15, 0.2) is 24.3 Å². The Morgan fingerprint density at radius 2 is 1.77 bits per heavy atom. The molecule has 0 aliphatic carbocycles. The van der Waals surface area contributed by atoms with E-state index in [1.807, 2.05) is 45.2 Å². The number of likely N-dealkylation sites (N-methyl/N-ethyl adjacent to an activating group) is 1. The first-order valence-electron chi connectivity index (χ1n) is 7.70. The molecule has 0 radical (unpaired) electrons. The number of carbonyl (C=O) groups excluding carboxylic acids is 2. The molecule has 22 heavy (non-hydrogen) atoms. The van der Waals surface area contributed by atoms with Gasteiger partial charge in [-0.1, -0.05) is 19.1 Å². The van der Waals surface area contributed by atoms with Gasteiger partial charge in [0.1, 0.15) is 6.54 Å². The van der Waals surface area contributed by atoms with Gasteiger partial charge in [-0.05, 0) is 32.4 Å². The average molecular weight is 306 g/mol. The van der Waals surface area contributed by atoms with Crippen molar-refractivity contribution in [2.45, 2.75) is 39.3 Å². The molecule has 0 spiro atoms. The summed E-state index contributed by atoms with van der Waals surface area (Å²) in [4.78, 5) is 24.6. The molecule has 1 unspecified atom stereocenters. The van der Waals surface area contributed by atoms with E-state index in [0.717, 1.165) is 23.4 Å². The number of amides is 2. The van der Waals surface area contributed by atoms with Gasteiger partial charge in [-0.15, -0.1) is 0 Å². The molecule has 0 saturated carbocycles. The zero-order valence-corrected chi connectivity index (χ0v) is 14.2. The molecule has 0 saturated heterocycles. The Morgan fingerprint density at radius 1 is 1.18 bits per heavy atom. The summed E-state index contributed by atoms with van der Waals surface area (Å²) in [6, 6.07) is 7.48. The van der Waals surface area contributed by atoms with Crippen LogP contribution >= 0.6 is 0 Å². The van der Waals surface area contributed by atoms with Crippen molar-refractivity contribution >= 4 is 11.8 Å². The molecule has 0 aliphatic heterocycles. The lowest BCUT2D eigenvalue weighted by Gasteiger charge is -2.25. The summed E-state index contributed by atoms with van der Waals surface area (Å²) in [5.74, 6) is -0.0280. The van der Waals surface area contributed by atoms with Crippen molar-refractivity contribution in [3.05, 3.63) is 35.4 Å². The Morgan fingerprint density at radius 3 is 2.27 bits per heavy atom. The lowest BCUT2D eigenvalue weighted by Crippen LogP contribution is -3.09. The smallest absolute Gasteiger partial charge is 0.275 e. The largest absolute Gasteiger partial charge is 0.355 e. The van der Waals surface area contributed by atoms with Crippen LogP contribution in [-0.2, 0) is 11.3 Å². The normalized spacial score (nSPS) is 12.6. The van der Waals surface area contributed by atoms with Crippen molar-refractivity contribution in [1.29, 1.82) is 0 Å². The van der Waals surface area contributed by atoms with Gasteiger partial charge in [0.15, 0.2) is 6.54 Å². The Balaban J connectivity index is 2.53. The van der Waals surface area contributed by atoms with E-state index in [1.54, 1.807) is 7.05 Å². The summed E-state index contributed by atoms with van der Waals surface area (Å²) >= 11 is 0. The predicted molar refractivity (Wildman–Crippen MR) is 87.8 cm³/mol. The van der Waals surface area contributed by atoms with Crippen molar-refractivity contribution < 1.29 is 14.5 Å². The molecule has 5 heteroatoms. The second kappa shape index (κ2) is 7.94. The molecule has 3 N–H and O–H groups in total. The van der Waals surface area contributed by atoms with Crippen LogP contribution < -0.4 is 15.5 Å². The minimum absolute atomic E-state index is 0.0614. The van der Waals surface area contributed by atoms with Gasteiger partial charge in [-0.3, -0.25) is 9.59 Å². The number of hydrogen-bond donors (Lipinski definition) is 3. The van der Waals surface area contributed by atoms with Crippen molar-refractivity contribution in [1.82, 2.24) is 10.6 Å². The minimum atomic E-state index is -0.160. The first kappa shape index (κ1) is 18.2. The lowest BCUT2D eigenvalue weighted by molar-refractivity contribution is -0.885. The summed E-state index contributed by atoms with van der Waals surface area (Å²) in [5, 5.41) is 5.64. The van der Waals surface area contributed by atoms with Crippen LogP contribution in [0.1, 0.15) is 43.1 Å². The molecular weight excluding hydrogens is 278 g/mol. The standard InChI is InChI=1S/C17H27N3O2/c1-6-17(2,3)19-15(21)12-20(5)11-13-7-9-14(10-8-13)16(22)18-4/h7-10H,6,11-12H2,1-5H3,(H,18,22)(H,19,21)/p+1. The van der Waals surface area contributed by atoms with Gasteiger partial charge < -0.3 is 15.5 Å². The quantitative estimate of drug-likeness (QED) is 0.681. The Hall–Kier alpha value is -1.88. The maximum absolute atomic E-state index is 12.0. The molecule has 1 atom stereocenters. The number of quaternary nitrogens is 1. The molecule has 2 amide bonds. The van der Waals surface area contributed by atoms with E-state index in [1.165, 1.54) is 0 Å². The predicted octanol–water partition coefficient (Wildman–Crippen LogP) is 0.366. The van der Waals surface area contributed by atoms with Gasteiger partial charge in [-0.25, -0.2) is 0 Å². The molecule has 1 aromatic rings. The summed E-state index contributed by atoms with van der Waals surface area (Å²) in [5.41, 5.74) is 1.59. The van der Waals surface area contributed by atoms with Gasteiger partial charge >= 0.3 is 0 Å². The summed E-state index contributed by atoms with van der Waals surface area (Å²) < 4.78 is 0. The molecule has 0 aliphatic rings. The molecule has 1 aromatic carbocycles. The van der Waals surface area contributed by atoms with Gasteiger partial charge in [0, 0.05) is 23.7 Å². The van der Waals surface area contributed by atoms with Crippen molar-refractivity contribution in [2.75, 3.05) is 20.6 Å². The first-order valence-corrected chi connectivity index (χ1v) is 7.70. The monoisotopic (exact) mass is 306 g/mol. The van der Waals surface area contributed by atoms with Crippen LogP contribution in [0.3, 0.4) is 0 Å². The SMILES string of the molecule is CCC(C)(C)NC(=O)C[NH+](C)Cc1ccc(C(=O)NC)cc1. The molecule has 122 valence electrons. The van der Waals surface area contributed by atoms with E-state index in [2.05, 4.69) is 17.6 Å². The highest BCUT2D eigenvalue weighted by Gasteiger charge is 2.20. The molecule has 0 fully saturated rings. The Bertz CT molecular complexity index is 509. The fourth-order valence-corrected chi connectivity index (χ4v) is 2.11. The Kier molecular flexibility index (Phi) is 6.56. The Labute approximate surface area is 133 Å². The molecule has 5 nitrogen and oxygen atoms in total. The third-order valence-electron chi connectivity index (χ3n) is 3.77. The molecule has 0 bridgehead atoms. The second-order valence-corrected chi connectivity index (χ2v) is 6.37. The summed E-state index contributed by atoms with van der Waals surface area (Å²) in [6.07, 6.45) is 0.902. The summed E-state index contributed by atoms with van der Waals surface area (Å²) in [6.45, 7) is 7.29. The maximum atomic E-state index is 12.0. The number of hydrogen-bond acceptors (Lipinski definition) is 2. The molecule has 0 heterocycles. The van der Waals surface area contributed by atoms with E-state index in [-0.39, 0.29) is 17.4 Å². The lowest BCUT2D eigenvalue weighted by atomic mass is 10.0. The molecular formula is C17H28N3O2+. The highest BCUT2D eigenvalue weighted by atomic mass is 16.2. The van der Waals surface area contributed by atoms with Crippen LogP contribution in [0.2, 0.25) is 0 Å². The fourth-order valence-electron chi connectivity index (χ4n) is 2.11. The number of nitrogens with one attached hydrogen (secondary N) is 3. The van der Waals surface area contributed by atoms with Crippen molar-refractivity contribution in [2.24, 2.45) is 0 Å². The van der Waals surface area contributed by atoms with Crippen LogP contribution in [0, 0.1) is 0 Å². The third kappa shape index (κ3) is 5.85. The van der Waals surface area contributed by atoms with Crippen molar-refractivity contribution in [3.8, 4) is 0 Å². The first-order chi connectivity index (χ1) is 10.3. The average Bonchev–Trinajstić information content (AvgIpc) is 2.46. The minimum Gasteiger partial charge on any atom is -0.355 e. The maximum Gasteiger partial charge on any atom is 0.275 e. The number of rotatable bonds is 7. The van der Waals surface area contributed by atoms with Gasteiger partial charge in [0.05, 0.1) is 7.05 Å². The molecule has 0 aromatic heterocycles. The summed E-state index contributed by atoms with van der Waals surface area (Å²) in [7, 11) is 3.61. The van der Waals surface area contributed by atoms with E-state index in [0.29, 0.717) is 12.1 Å². The zero-order valence-electron chi connectivity index (χ0n) is 14.2. The zero-order chi connectivity index (χ0) is 16.8. The van der Waals surface area contributed by atoms with Gasteiger partial charge in [0.25, 0.3) is 11.8 Å². The topological polar surface area (TPSA) is 62.6 Å². The highest BCUT2D eigenvalue weighted by Crippen LogP contribution is 2.06.